The van der Waals surface area contributed by atoms with Crippen LogP contribution in [0.4, 0.5) is 4.79 Å². The molecule has 4 nitrogen and oxygen atoms in total. The number of cyclic esters (lactones) is 2. The molecular weight excluding hydrogens is 206 g/mol. The Morgan fingerprint density at radius 3 is 2.56 bits per heavy atom. The maximum Gasteiger partial charge on any atom is 0.509 e. The van der Waals surface area contributed by atoms with E-state index >= 15 is 0 Å². The Morgan fingerprint density at radius 1 is 1.44 bits per heavy atom. The molecule has 4 heteroatoms. The number of hydrogen-bond donors (Lipinski definition) is 0. The first-order valence-electron chi connectivity index (χ1n) is 4.70. The lowest BCUT2D eigenvalue weighted by atomic mass is 9.94. The standard InChI is InChI=1S/C12H9NO3/c1-2-12(8-15-11(14)16-12)10-5-3-9(7-13)4-6-10/h2-6H,1,8H2. The van der Waals surface area contributed by atoms with Crippen LogP contribution >= 0.6 is 0 Å². The van der Waals surface area contributed by atoms with Crippen LogP contribution in [0.1, 0.15) is 11.1 Å². The molecule has 0 N–H and O–H groups in total. The molecule has 1 heterocycles. The summed E-state index contributed by atoms with van der Waals surface area (Å²) in [7, 11) is 0. The maximum atomic E-state index is 11.0. The minimum atomic E-state index is -0.926. The van der Waals surface area contributed by atoms with Gasteiger partial charge in [-0.1, -0.05) is 18.7 Å². The highest BCUT2D eigenvalue weighted by atomic mass is 16.8. The van der Waals surface area contributed by atoms with Gasteiger partial charge >= 0.3 is 6.16 Å². The highest BCUT2D eigenvalue weighted by Crippen LogP contribution is 2.32. The molecule has 1 fully saturated rings. The first-order chi connectivity index (χ1) is 7.70. The molecule has 1 atom stereocenters. The number of rotatable bonds is 2. The zero-order chi connectivity index (χ0) is 11.6. The van der Waals surface area contributed by atoms with Crippen LogP contribution in [0.2, 0.25) is 0 Å². The molecule has 1 aliphatic rings. The van der Waals surface area contributed by atoms with Crippen LogP contribution in [0.25, 0.3) is 0 Å². The fourth-order valence-electron chi connectivity index (χ4n) is 1.56. The van der Waals surface area contributed by atoms with Crippen molar-refractivity contribution in [2.75, 3.05) is 6.61 Å². The van der Waals surface area contributed by atoms with Crippen LogP contribution in [0.5, 0.6) is 0 Å². The minimum Gasteiger partial charge on any atom is -0.429 e. The Labute approximate surface area is 92.7 Å². The third-order valence-electron chi connectivity index (χ3n) is 2.50. The van der Waals surface area contributed by atoms with Crippen molar-refractivity contribution in [3.63, 3.8) is 0 Å². The second kappa shape index (κ2) is 3.70. The van der Waals surface area contributed by atoms with Crippen LogP contribution in [0, 0.1) is 11.3 Å². The van der Waals surface area contributed by atoms with Gasteiger partial charge in [0.05, 0.1) is 11.6 Å². The SMILES string of the molecule is C=CC1(c2ccc(C#N)cc2)COC(=O)O1. The molecule has 0 radical (unpaired) electrons. The van der Waals surface area contributed by atoms with Crippen LogP contribution in [-0.4, -0.2) is 12.8 Å². The molecule has 1 aromatic rings. The van der Waals surface area contributed by atoms with E-state index in [2.05, 4.69) is 6.58 Å². The number of nitriles is 1. The van der Waals surface area contributed by atoms with Crippen LogP contribution in [-0.2, 0) is 15.1 Å². The summed E-state index contributed by atoms with van der Waals surface area (Å²) in [4.78, 5) is 11.0. The Kier molecular flexibility index (Phi) is 2.37. The number of carbonyl (C=O) groups excluding carboxylic acids is 1. The zero-order valence-electron chi connectivity index (χ0n) is 8.47. The summed E-state index contributed by atoms with van der Waals surface area (Å²) >= 11 is 0. The smallest absolute Gasteiger partial charge is 0.429 e. The van der Waals surface area contributed by atoms with Gasteiger partial charge in [-0.3, -0.25) is 0 Å². The lowest BCUT2D eigenvalue weighted by Crippen LogP contribution is -2.25. The van der Waals surface area contributed by atoms with Crippen LogP contribution in [0.15, 0.2) is 36.9 Å². The van der Waals surface area contributed by atoms with Gasteiger partial charge in [-0.15, -0.1) is 0 Å². The molecule has 0 aliphatic carbocycles. The van der Waals surface area contributed by atoms with E-state index in [1.807, 2.05) is 6.07 Å². The number of hydrogen-bond acceptors (Lipinski definition) is 4. The molecule has 0 aromatic heterocycles. The molecule has 1 saturated heterocycles. The third kappa shape index (κ3) is 1.52. The largest absolute Gasteiger partial charge is 0.509 e. The third-order valence-corrected chi connectivity index (χ3v) is 2.50. The Hall–Kier alpha value is -2.28. The lowest BCUT2D eigenvalue weighted by Gasteiger charge is -2.20. The van der Waals surface area contributed by atoms with E-state index in [-0.39, 0.29) is 6.61 Å². The van der Waals surface area contributed by atoms with Gasteiger partial charge < -0.3 is 9.47 Å². The van der Waals surface area contributed by atoms with Crippen molar-refractivity contribution >= 4 is 6.16 Å². The normalized spacial score (nSPS) is 23.1. The topological polar surface area (TPSA) is 59.3 Å². The van der Waals surface area contributed by atoms with Gasteiger partial charge in [0.15, 0.2) is 5.60 Å². The molecule has 16 heavy (non-hydrogen) atoms. The molecule has 2 rings (SSSR count). The summed E-state index contributed by atoms with van der Waals surface area (Å²) in [6, 6.07) is 8.79. The van der Waals surface area contributed by atoms with Gasteiger partial charge in [0.2, 0.25) is 0 Å². The predicted molar refractivity (Wildman–Crippen MR) is 55.5 cm³/mol. The van der Waals surface area contributed by atoms with E-state index in [1.165, 1.54) is 6.08 Å². The zero-order valence-corrected chi connectivity index (χ0v) is 8.47. The van der Waals surface area contributed by atoms with Crippen molar-refractivity contribution in [2.24, 2.45) is 0 Å². The van der Waals surface area contributed by atoms with Crippen molar-refractivity contribution in [2.45, 2.75) is 5.60 Å². The Bertz CT molecular complexity index is 472. The van der Waals surface area contributed by atoms with Crippen molar-refractivity contribution < 1.29 is 14.3 Å². The molecule has 1 aliphatic heterocycles. The first kappa shape index (κ1) is 10.2. The molecule has 1 aromatic carbocycles. The van der Waals surface area contributed by atoms with Gasteiger partial charge in [-0.2, -0.15) is 5.26 Å². The quantitative estimate of drug-likeness (QED) is 0.560. The lowest BCUT2D eigenvalue weighted by molar-refractivity contribution is 0.0888. The summed E-state index contributed by atoms with van der Waals surface area (Å²) in [6.45, 7) is 3.76. The fourth-order valence-corrected chi connectivity index (χ4v) is 1.56. The maximum absolute atomic E-state index is 11.0. The van der Waals surface area contributed by atoms with E-state index in [0.29, 0.717) is 5.56 Å². The van der Waals surface area contributed by atoms with Crippen LogP contribution in [0.3, 0.4) is 0 Å². The van der Waals surface area contributed by atoms with Gasteiger partial charge in [0, 0.05) is 5.56 Å². The summed E-state index contributed by atoms with van der Waals surface area (Å²) in [5.41, 5.74) is 0.367. The van der Waals surface area contributed by atoms with Crippen LogP contribution < -0.4 is 0 Å². The fraction of sp³-hybridized carbons (Fsp3) is 0.167. The average Bonchev–Trinajstić information content (AvgIpc) is 2.72. The highest BCUT2D eigenvalue weighted by molar-refractivity contribution is 5.64. The second-order valence-electron chi connectivity index (χ2n) is 3.42. The molecular formula is C12H9NO3. The van der Waals surface area contributed by atoms with Gasteiger partial charge in [-0.25, -0.2) is 4.79 Å². The van der Waals surface area contributed by atoms with Crippen molar-refractivity contribution in [1.29, 1.82) is 5.26 Å². The number of ether oxygens (including phenoxy) is 2. The average molecular weight is 215 g/mol. The van der Waals surface area contributed by atoms with Crippen molar-refractivity contribution in [3.05, 3.63) is 48.0 Å². The predicted octanol–water partition coefficient (Wildman–Crippen LogP) is 2.11. The summed E-state index contributed by atoms with van der Waals surface area (Å²) in [5.74, 6) is 0. The molecule has 0 amide bonds. The number of carbonyl (C=O) groups is 1. The summed E-state index contributed by atoms with van der Waals surface area (Å²) in [5, 5.41) is 8.68. The molecule has 1 unspecified atom stereocenters. The molecule has 0 saturated carbocycles. The van der Waals surface area contributed by atoms with E-state index in [0.717, 1.165) is 5.56 Å². The van der Waals surface area contributed by atoms with Gasteiger partial charge in [-0.05, 0) is 18.2 Å². The number of benzene rings is 1. The highest BCUT2D eigenvalue weighted by Gasteiger charge is 2.41. The molecule has 0 spiro atoms. The van der Waals surface area contributed by atoms with E-state index in [4.69, 9.17) is 14.7 Å². The molecule has 80 valence electrons. The minimum absolute atomic E-state index is 0.112. The monoisotopic (exact) mass is 215 g/mol. The second-order valence-corrected chi connectivity index (χ2v) is 3.42. The van der Waals surface area contributed by atoms with Crippen molar-refractivity contribution in [3.8, 4) is 6.07 Å². The summed E-state index contributed by atoms with van der Waals surface area (Å²) < 4.78 is 9.87. The molecule has 0 bridgehead atoms. The van der Waals surface area contributed by atoms with Gasteiger partial charge in [0.1, 0.15) is 6.61 Å². The van der Waals surface area contributed by atoms with E-state index < -0.39 is 11.8 Å². The Morgan fingerprint density at radius 2 is 2.12 bits per heavy atom. The van der Waals surface area contributed by atoms with E-state index in [9.17, 15) is 4.79 Å². The van der Waals surface area contributed by atoms with Gasteiger partial charge in [0.25, 0.3) is 0 Å². The summed E-state index contributed by atoms with van der Waals surface area (Å²) in [6.07, 6.45) is 0.823. The van der Waals surface area contributed by atoms with Crippen molar-refractivity contribution in [1.82, 2.24) is 0 Å². The number of nitrogens with zero attached hydrogens (tertiary/aromatic N) is 1. The van der Waals surface area contributed by atoms with E-state index in [1.54, 1.807) is 24.3 Å². The Balaban J connectivity index is 2.38. The first-order valence-corrected chi connectivity index (χ1v) is 4.70.